The van der Waals surface area contributed by atoms with Gasteiger partial charge in [0, 0.05) is 38.5 Å². The first-order valence-electron chi connectivity index (χ1n) is 12.1. The maximum atomic E-state index is 13.5. The van der Waals surface area contributed by atoms with Crippen LogP contribution in [-0.4, -0.2) is 59.0 Å². The van der Waals surface area contributed by atoms with E-state index in [2.05, 4.69) is 25.2 Å². The van der Waals surface area contributed by atoms with Crippen molar-refractivity contribution in [3.63, 3.8) is 0 Å². The number of benzene rings is 1. The topological polar surface area (TPSA) is 83.5 Å². The molecule has 4 heterocycles. The third kappa shape index (κ3) is 4.40. The molecule has 1 aromatic carbocycles. The Morgan fingerprint density at radius 2 is 1.84 bits per heavy atom. The third-order valence-corrected chi connectivity index (χ3v) is 7.33. The fourth-order valence-corrected chi connectivity index (χ4v) is 5.46. The minimum Gasteiger partial charge on any atom is -0.479 e. The van der Waals surface area contributed by atoms with Crippen LogP contribution < -0.4 is 15.0 Å². The van der Waals surface area contributed by atoms with Gasteiger partial charge in [-0.05, 0) is 44.0 Å². The van der Waals surface area contributed by atoms with Crippen molar-refractivity contribution in [1.82, 2.24) is 19.9 Å². The lowest BCUT2D eigenvalue weighted by molar-refractivity contribution is -0.142. The quantitative estimate of drug-likeness (QED) is 0.536. The highest BCUT2D eigenvalue weighted by molar-refractivity contribution is 5.91. The summed E-state index contributed by atoms with van der Waals surface area (Å²) < 4.78 is 46.0. The highest BCUT2D eigenvalue weighted by Crippen LogP contribution is 2.45. The summed E-state index contributed by atoms with van der Waals surface area (Å²) in [7, 11) is 1.56. The lowest BCUT2D eigenvalue weighted by Crippen LogP contribution is -2.73. The minimum atomic E-state index is -4.43. The molecule has 2 fully saturated rings. The summed E-state index contributed by atoms with van der Waals surface area (Å²) in [6, 6.07) is 5.67. The van der Waals surface area contributed by atoms with E-state index in [4.69, 9.17) is 4.74 Å². The predicted octanol–water partition coefficient (Wildman–Crippen LogP) is 4.51. The Balaban J connectivity index is 1.46. The monoisotopic (exact) mass is 514 g/mol. The molecule has 1 atom stereocenters. The zero-order valence-electron chi connectivity index (χ0n) is 21.4. The summed E-state index contributed by atoms with van der Waals surface area (Å²) >= 11 is 0. The molecule has 2 aromatic heterocycles. The Kier molecular flexibility index (Phi) is 5.91. The van der Waals surface area contributed by atoms with Gasteiger partial charge < -0.3 is 19.9 Å². The number of ether oxygens (including phenoxy) is 1. The van der Waals surface area contributed by atoms with Gasteiger partial charge in [-0.2, -0.15) is 18.2 Å². The van der Waals surface area contributed by atoms with Crippen LogP contribution in [0.25, 0.3) is 11.0 Å². The molecule has 2 saturated heterocycles. The molecule has 8 nitrogen and oxygen atoms in total. The second-order valence-electron chi connectivity index (χ2n) is 10.1. The van der Waals surface area contributed by atoms with Crippen molar-refractivity contribution < 1.29 is 22.7 Å². The number of anilines is 2. The molecule has 196 valence electrons. The van der Waals surface area contributed by atoms with Crippen molar-refractivity contribution in [2.45, 2.75) is 39.9 Å². The largest absolute Gasteiger partial charge is 0.479 e. The van der Waals surface area contributed by atoms with Gasteiger partial charge in [-0.1, -0.05) is 12.1 Å². The van der Waals surface area contributed by atoms with Crippen molar-refractivity contribution in [2.75, 3.05) is 43.5 Å². The van der Waals surface area contributed by atoms with Crippen LogP contribution in [0.2, 0.25) is 0 Å². The van der Waals surface area contributed by atoms with Gasteiger partial charge in [0.25, 0.3) is 0 Å². The third-order valence-electron chi connectivity index (χ3n) is 7.33. The van der Waals surface area contributed by atoms with Crippen molar-refractivity contribution in [3.8, 4) is 5.88 Å². The fourth-order valence-electron chi connectivity index (χ4n) is 5.46. The number of alkyl halides is 3. The van der Waals surface area contributed by atoms with Crippen LogP contribution >= 0.6 is 0 Å². The van der Waals surface area contributed by atoms with Gasteiger partial charge in [0.15, 0.2) is 5.65 Å². The van der Waals surface area contributed by atoms with E-state index in [9.17, 15) is 18.0 Å². The number of hydrogen-bond donors (Lipinski definition) is 1. The molecule has 0 saturated carbocycles. The number of rotatable bonds is 5. The first-order chi connectivity index (χ1) is 17.4. The second-order valence-corrected chi connectivity index (χ2v) is 10.1. The summed E-state index contributed by atoms with van der Waals surface area (Å²) in [4.78, 5) is 29.3. The van der Waals surface area contributed by atoms with Crippen molar-refractivity contribution in [2.24, 2.45) is 5.41 Å². The van der Waals surface area contributed by atoms with Gasteiger partial charge in [-0.3, -0.25) is 4.79 Å². The maximum absolute atomic E-state index is 13.5. The number of halogens is 3. The van der Waals surface area contributed by atoms with Gasteiger partial charge in [-0.15, -0.1) is 0 Å². The van der Waals surface area contributed by atoms with Gasteiger partial charge in [-0.25, -0.2) is 9.97 Å². The summed E-state index contributed by atoms with van der Waals surface area (Å²) in [5, 5.41) is 3.95. The van der Waals surface area contributed by atoms with E-state index in [0.717, 1.165) is 37.9 Å². The first kappa shape index (κ1) is 25.0. The average Bonchev–Trinajstić information content (AvgIpc) is 2.75. The van der Waals surface area contributed by atoms with E-state index in [1.807, 2.05) is 11.0 Å². The van der Waals surface area contributed by atoms with E-state index in [1.54, 1.807) is 33.9 Å². The number of carbonyl (C=O) groups is 1. The molecule has 11 heteroatoms. The predicted molar refractivity (Wildman–Crippen MR) is 134 cm³/mol. The summed E-state index contributed by atoms with van der Waals surface area (Å²) in [5.74, 6) is 1.50. The van der Waals surface area contributed by atoms with Crippen molar-refractivity contribution in [3.05, 3.63) is 46.8 Å². The number of nitrogens with zero attached hydrogens (tertiary/aromatic N) is 5. The zero-order valence-corrected chi connectivity index (χ0v) is 21.4. The number of fused-ring (bicyclic) bond motifs is 1. The molecule has 0 bridgehead atoms. The standard InChI is InChI=1S/C26H29F3N6O2/c1-14-18(7-6-8-20(14)26(27,28)29)15(2)30-22-19-9-21(24(37-5)33-23(19)32-16(3)31-22)35-12-25(13-35)10-34(11-25)17(4)36/h6-9,15H,10-13H2,1-5H3,(H,30,31,32,33)/t15-/m1/s1. The van der Waals surface area contributed by atoms with E-state index in [-0.39, 0.29) is 16.9 Å². The smallest absolute Gasteiger partial charge is 0.416 e. The molecule has 1 amide bonds. The Bertz CT molecular complexity index is 1380. The normalized spacial score (nSPS) is 17.4. The minimum absolute atomic E-state index is 0.0855. The zero-order chi connectivity index (χ0) is 26.7. The molecule has 37 heavy (non-hydrogen) atoms. The van der Waals surface area contributed by atoms with Gasteiger partial charge in [0.2, 0.25) is 11.8 Å². The fraction of sp³-hybridized carbons (Fsp3) is 0.462. The lowest BCUT2D eigenvalue weighted by Gasteiger charge is -2.60. The second kappa shape index (κ2) is 8.74. The van der Waals surface area contributed by atoms with Crippen LogP contribution in [0.5, 0.6) is 5.88 Å². The number of carbonyl (C=O) groups excluding carboxylic acids is 1. The molecule has 0 radical (unpaired) electrons. The number of methoxy groups -OCH3 is 1. The van der Waals surface area contributed by atoms with Gasteiger partial charge in [0.1, 0.15) is 17.3 Å². The van der Waals surface area contributed by atoms with Crippen LogP contribution in [0.3, 0.4) is 0 Å². The number of aromatic nitrogens is 3. The number of pyridine rings is 1. The summed E-state index contributed by atoms with van der Waals surface area (Å²) in [6.45, 7) is 9.64. The number of nitrogens with one attached hydrogen (secondary N) is 1. The molecule has 0 unspecified atom stereocenters. The van der Waals surface area contributed by atoms with E-state index in [0.29, 0.717) is 34.1 Å². The molecule has 3 aromatic rings. The number of hydrogen-bond acceptors (Lipinski definition) is 7. The Hall–Kier alpha value is -3.63. The molecule has 1 spiro atoms. The van der Waals surface area contributed by atoms with Crippen LogP contribution in [0.15, 0.2) is 24.3 Å². The van der Waals surface area contributed by atoms with E-state index >= 15 is 0 Å². The van der Waals surface area contributed by atoms with Crippen LogP contribution in [-0.2, 0) is 11.0 Å². The van der Waals surface area contributed by atoms with Crippen LogP contribution in [0, 0.1) is 19.3 Å². The highest BCUT2D eigenvalue weighted by atomic mass is 19.4. The molecule has 0 aliphatic carbocycles. The van der Waals surface area contributed by atoms with Crippen LogP contribution in [0.4, 0.5) is 24.7 Å². The number of amides is 1. The Morgan fingerprint density at radius 3 is 2.46 bits per heavy atom. The summed E-state index contributed by atoms with van der Waals surface area (Å²) in [6.07, 6.45) is -4.43. The van der Waals surface area contributed by atoms with Gasteiger partial charge >= 0.3 is 6.18 Å². The molecule has 2 aliphatic heterocycles. The highest BCUT2D eigenvalue weighted by Gasteiger charge is 2.53. The SMILES string of the molecule is COc1nc2nc(C)nc(N[C@H](C)c3cccc(C(F)(F)F)c3C)c2cc1N1CC2(CN(C(C)=O)C2)C1. The average molecular weight is 515 g/mol. The lowest BCUT2D eigenvalue weighted by atomic mass is 9.72. The first-order valence-corrected chi connectivity index (χ1v) is 12.1. The molecular formula is C26H29F3N6O2. The molecule has 5 rings (SSSR count). The number of aryl methyl sites for hydroxylation is 1. The van der Waals surface area contributed by atoms with E-state index < -0.39 is 17.8 Å². The van der Waals surface area contributed by atoms with E-state index in [1.165, 1.54) is 13.0 Å². The molecule has 2 aliphatic rings. The number of likely N-dealkylation sites (tertiary alicyclic amines) is 1. The molecule has 1 N–H and O–H groups in total. The Morgan fingerprint density at radius 1 is 1.14 bits per heavy atom. The molecular weight excluding hydrogens is 485 g/mol. The van der Waals surface area contributed by atoms with Gasteiger partial charge in [0.05, 0.1) is 24.1 Å². The Labute approximate surface area is 212 Å². The van der Waals surface area contributed by atoms with Crippen molar-refractivity contribution in [1.29, 1.82) is 0 Å². The van der Waals surface area contributed by atoms with Crippen molar-refractivity contribution >= 4 is 28.4 Å². The summed E-state index contributed by atoms with van der Waals surface area (Å²) in [5.41, 5.74) is 1.38. The van der Waals surface area contributed by atoms with Crippen LogP contribution in [0.1, 0.15) is 42.4 Å². The maximum Gasteiger partial charge on any atom is 0.416 e.